The third kappa shape index (κ3) is 2.87. The predicted molar refractivity (Wildman–Crippen MR) is 83.8 cm³/mol. The molecule has 2 amide bonds. The average Bonchev–Trinajstić information content (AvgIpc) is 3.17. The van der Waals surface area contributed by atoms with Crippen LogP contribution in [0.2, 0.25) is 0 Å². The number of benzene rings is 1. The van der Waals surface area contributed by atoms with Crippen molar-refractivity contribution in [3.63, 3.8) is 0 Å². The lowest BCUT2D eigenvalue weighted by atomic mass is 10.1. The van der Waals surface area contributed by atoms with Gasteiger partial charge in [0.2, 0.25) is 12.7 Å². The van der Waals surface area contributed by atoms with Crippen molar-refractivity contribution in [2.75, 3.05) is 19.2 Å². The van der Waals surface area contributed by atoms with E-state index in [9.17, 15) is 14.4 Å². The minimum Gasteiger partial charge on any atom is -0.465 e. The normalized spacial score (nSPS) is 11.9. The molecular weight excluding hydrogens is 332 g/mol. The molecule has 9 heteroatoms. The van der Waals surface area contributed by atoms with Crippen LogP contribution in [0.15, 0.2) is 22.6 Å². The first-order valence-corrected chi connectivity index (χ1v) is 7.15. The quantitative estimate of drug-likeness (QED) is 0.801. The van der Waals surface area contributed by atoms with Gasteiger partial charge in [0.05, 0.1) is 7.11 Å². The van der Waals surface area contributed by atoms with Gasteiger partial charge in [-0.1, -0.05) is 0 Å². The first kappa shape index (κ1) is 16.4. The Hall–Kier alpha value is -3.49. The number of amides is 2. The van der Waals surface area contributed by atoms with E-state index in [2.05, 4.69) is 10.1 Å². The zero-order valence-corrected chi connectivity index (χ0v) is 13.4. The summed E-state index contributed by atoms with van der Waals surface area (Å²) in [5, 5.41) is 2.43. The number of primary amides is 1. The number of methoxy groups -OCH3 is 1. The van der Waals surface area contributed by atoms with Crippen molar-refractivity contribution in [3.8, 4) is 11.5 Å². The first-order chi connectivity index (χ1) is 11.9. The molecule has 3 rings (SSSR count). The largest absolute Gasteiger partial charge is 0.465 e. The molecule has 2 aromatic rings. The second-order valence-electron chi connectivity index (χ2n) is 5.12. The number of carbonyl (C=O) groups is 3. The maximum Gasteiger partial charge on any atom is 0.342 e. The Morgan fingerprint density at radius 3 is 2.56 bits per heavy atom. The van der Waals surface area contributed by atoms with Crippen molar-refractivity contribution in [1.82, 2.24) is 0 Å². The highest BCUT2D eigenvalue weighted by Crippen LogP contribution is 2.33. The van der Waals surface area contributed by atoms with Gasteiger partial charge >= 0.3 is 5.97 Å². The van der Waals surface area contributed by atoms with Crippen LogP contribution in [0.3, 0.4) is 0 Å². The topological polar surface area (TPSA) is 130 Å². The van der Waals surface area contributed by atoms with Crippen LogP contribution in [0.5, 0.6) is 11.5 Å². The number of furan rings is 1. The van der Waals surface area contributed by atoms with Gasteiger partial charge in [-0.3, -0.25) is 14.9 Å². The molecule has 0 unspecified atom stereocenters. The number of anilines is 1. The number of nitrogens with two attached hydrogens (primary N) is 1. The Balaban J connectivity index is 1.93. The van der Waals surface area contributed by atoms with E-state index in [-0.39, 0.29) is 35.1 Å². The van der Waals surface area contributed by atoms with Crippen molar-refractivity contribution in [2.24, 2.45) is 5.73 Å². The summed E-state index contributed by atoms with van der Waals surface area (Å²) in [6.07, 6.45) is 0. The zero-order chi connectivity index (χ0) is 18.1. The van der Waals surface area contributed by atoms with Crippen molar-refractivity contribution in [2.45, 2.75) is 6.92 Å². The second-order valence-corrected chi connectivity index (χ2v) is 5.12. The smallest absolute Gasteiger partial charge is 0.342 e. The number of rotatable bonds is 4. The molecule has 0 saturated heterocycles. The Morgan fingerprint density at radius 1 is 1.16 bits per heavy atom. The fraction of sp³-hybridized carbons (Fsp3) is 0.188. The fourth-order valence-corrected chi connectivity index (χ4v) is 2.43. The van der Waals surface area contributed by atoms with Gasteiger partial charge in [0.1, 0.15) is 16.9 Å². The van der Waals surface area contributed by atoms with Gasteiger partial charge < -0.3 is 24.4 Å². The standard InChI is InChI=1S/C16H14N2O7/c1-7-11(16(21)22-2)12(13(17)19)15(25-7)18-14(20)8-3-4-9-10(5-8)24-6-23-9/h3-5H,6H2,1-2H3,(H2,17,19)(H,18,20). The summed E-state index contributed by atoms with van der Waals surface area (Å²) < 4.78 is 20.3. The molecule has 25 heavy (non-hydrogen) atoms. The minimum atomic E-state index is -0.932. The Morgan fingerprint density at radius 2 is 1.88 bits per heavy atom. The number of ether oxygens (including phenoxy) is 3. The second kappa shape index (κ2) is 6.19. The first-order valence-electron chi connectivity index (χ1n) is 7.15. The highest BCUT2D eigenvalue weighted by atomic mass is 16.7. The summed E-state index contributed by atoms with van der Waals surface area (Å²) >= 11 is 0. The van der Waals surface area contributed by atoms with Crippen LogP contribution in [0.25, 0.3) is 0 Å². The van der Waals surface area contributed by atoms with Crippen LogP contribution in [0.4, 0.5) is 5.88 Å². The predicted octanol–water partition coefficient (Wildman–Crippen LogP) is 1.45. The van der Waals surface area contributed by atoms with Crippen molar-refractivity contribution in [3.05, 3.63) is 40.6 Å². The van der Waals surface area contributed by atoms with E-state index < -0.39 is 17.8 Å². The molecule has 0 bridgehead atoms. The molecule has 0 radical (unpaired) electrons. The van der Waals surface area contributed by atoms with E-state index in [4.69, 9.17) is 19.6 Å². The van der Waals surface area contributed by atoms with E-state index in [1.165, 1.54) is 19.1 Å². The third-order valence-corrected chi connectivity index (χ3v) is 3.58. The van der Waals surface area contributed by atoms with Gasteiger partial charge in [0.25, 0.3) is 11.8 Å². The molecule has 1 aromatic heterocycles. The van der Waals surface area contributed by atoms with Crippen LogP contribution >= 0.6 is 0 Å². The Bertz CT molecular complexity index is 885. The molecule has 0 fully saturated rings. The highest BCUT2D eigenvalue weighted by molar-refractivity contribution is 6.12. The number of carbonyl (C=O) groups excluding carboxylic acids is 3. The summed E-state index contributed by atoms with van der Waals surface area (Å²) in [4.78, 5) is 36.0. The average molecular weight is 346 g/mol. The van der Waals surface area contributed by atoms with Crippen molar-refractivity contribution in [1.29, 1.82) is 0 Å². The molecule has 0 aliphatic carbocycles. The summed E-state index contributed by atoms with van der Waals surface area (Å²) in [6.45, 7) is 1.53. The third-order valence-electron chi connectivity index (χ3n) is 3.58. The molecule has 1 aliphatic rings. The molecule has 2 heterocycles. The van der Waals surface area contributed by atoms with Crippen LogP contribution in [0.1, 0.15) is 36.8 Å². The van der Waals surface area contributed by atoms with Gasteiger partial charge in [-0.25, -0.2) is 4.79 Å². The van der Waals surface area contributed by atoms with E-state index in [0.717, 1.165) is 7.11 Å². The van der Waals surface area contributed by atoms with E-state index in [1.54, 1.807) is 6.07 Å². The van der Waals surface area contributed by atoms with Crippen LogP contribution in [-0.2, 0) is 4.74 Å². The molecule has 3 N–H and O–H groups in total. The van der Waals surface area contributed by atoms with Gasteiger partial charge in [-0.15, -0.1) is 0 Å². The molecule has 1 aromatic carbocycles. The van der Waals surface area contributed by atoms with E-state index >= 15 is 0 Å². The van der Waals surface area contributed by atoms with E-state index in [1.807, 2.05) is 0 Å². The lowest BCUT2D eigenvalue weighted by Gasteiger charge is -2.05. The molecule has 0 saturated carbocycles. The zero-order valence-electron chi connectivity index (χ0n) is 13.4. The molecule has 0 spiro atoms. The number of aryl methyl sites for hydroxylation is 1. The maximum atomic E-state index is 12.4. The monoisotopic (exact) mass is 346 g/mol. The lowest BCUT2D eigenvalue weighted by Crippen LogP contribution is -2.20. The maximum absolute atomic E-state index is 12.4. The van der Waals surface area contributed by atoms with E-state index in [0.29, 0.717) is 11.5 Å². The lowest BCUT2D eigenvalue weighted by molar-refractivity contribution is 0.0595. The minimum absolute atomic E-state index is 0.0755. The van der Waals surface area contributed by atoms with Crippen LogP contribution < -0.4 is 20.5 Å². The Labute approximate surface area is 141 Å². The van der Waals surface area contributed by atoms with Gasteiger partial charge in [-0.05, 0) is 25.1 Å². The molecule has 9 nitrogen and oxygen atoms in total. The SMILES string of the molecule is COC(=O)c1c(C)oc(NC(=O)c2ccc3c(c2)OCO3)c1C(N)=O. The fourth-order valence-electron chi connectivity index (χ4n) is 2.43. The number of hydrogen-bond donors (Lipinski definition) is 2. The number of esters is 1. The van der Waals surface area contributed by atoms with Gasteiger partial charge in [-0.2, -0.15) is 0 Å². The number of nitrogens with one attached hydrogen (secondary N) is 1. The van der Waals surface area contributed by atoms with Crippen LogP contribution in [-0.4, -0.2) is 31.7 Å². The van der Waals surface area contributed by atoms with Crippen LogP contribution in [0, 0.1) is 6.92 Å². The Kier molecular flexibility index (Phi) is 4.05. The number of hydrogen-bond acceptors (Lipinski definition) is 7. The summed E-state index contributed by atoms with van der Waals surface area (Å²) in [5.41, 5.74) is 5.18. The summed E-state index contributed by atoms with van der Waals surface area (Å²) in [6, 6.07) is 4.59. The van der Waals surface area contributed by atoms with Gasteiger partial charge in [0, 0.05) is 5.56 Å². The molecule has 0 atom stereocenters. The van der Waals surface area contributed by atoms with Crippen molar-refractivity contribution < 1.29 is 33.0 Å². The molecular formula is C16H14N2O7. The number of fused-ring (bicyclic) bond motifs is 1. The molecule has 1 aliphatic heterocycles. The van der Waals surface area contributed by atoms with Gasteiger partial charge in [0.15, 0.2) is 11.5 Å². The highest BCUT2D eigenvalue weighted by Gasteiger charge is 2.29. The molecule has 130 valence electrons. The summed E-state index contributed by atoms with van der Waals surface area (Å²) in [5.74, 6) is -1.48. The van der Waals surface area contributed by atoms with Crippen molar-refractivity contribution >= 4 is 23.7 Å². The summed E-state index contributed by atoms with van der Waals surface area (Å²) in [7, 11) is 1.16.